The number of nitrogens with one attached hydrogen (secondary N) is 1. The molecule has 2 aliphatic rings. The van der Waals surface area contributed by atoms with Crippen molar-refractivity contribution in [3.05, 3.63) is 41.2 Å². The van der Waals surface area contributed by atoms with Gasteiger partial charge in [0, 0.05) is 18.5 Å². The number of carbonyl (C=O) groups is 3. The predicted octanol–water partition coefficient (Wildman–Crippen LogP) is 0.427. The van der Waals surface area contributed by atoms with Gasteiger partial charge in [0.15, 0.2) is 0 Å². The van der Waals surface area contributed by atoms with Crippen LogP contribution < -0.4 is 5.32 Å². The molecule has 7 heteroatoms. The summed E-state index contributed by atoms with van der Waals surface area (Å²) in [6.07, 6.45) is 3.79. The Morgan fingerprint density at radius 2 is 2.17 bits per heavy atom. The van der Waals surface area contributed by atoms with Crippen molar-refractivity contribution in [2.45, 2.75) is 25.4 Å². The normalized spacial score (nSPS) is 20.5. The maximum Gasteiger partial charge on any atom is 0.255 e. The first-order valence-electron chi connectivity index (χ1n) is 7.77. The molecule has 1 aromatic carbocycles. The van der Waals surface area contributed by atoms with Gasteiger partial charge in [0.2, 0.25) is 11.8 Å². The highest BCUT2D eigenvalue weighted by Gasteiger charge is 2.39. The van der Waals surface area contributed by atoms with Crippen LogP contribution in [0.25, 0.3) is 6.08 Å². The minimum absolute atomic E-state index is 0.0704. The minimum atomic E-state index is -0.620. The van der Waals surface area contributed by atoms with Gasteiger partial charge in [0.05, 0.1) is 12.9 Å². The lowest BCUT2D eigenvalue weighted by molar-refractivity contribution is -0.136. The number of aliphatic hydroxyl groups excluding tert-OH is 1. The number of imide groups is 1. The van der Waals surface area contributed by atoms with Gasteiger partial charge in [-0.05, 0) is 29.7 Å². The van der Waals surface area contributed by atoms with E-state index in [4.69, 9.17) is 9.84 Å². The number of fused-ring (bicyclic) bond motifs is 1. The summed E-state index contributed by atoms with van der Waals surface area (Å²) in [5.74, 6) is -0.924. The maximum absolute atomic E-state index is 12.6. The second-order valence-electron chi connectivity index (χ2n) is 5.67. The van der Waals surface area contributed by atoms with Crippen molar-refractivity contribution in [3.63, 3.8) is 0 Å². The van der Waals surface area contributed by atoms with Crippen LogP contribution >= 0.6 is 0 Å². The van der Waals surface area contributed by atoms with Crippen LogP contribution in [0, 0.1) is 0 Å². The fourth-order valence-corrected chi connectivity index (χ4v) is 3.01. The van der Waals surface area contributed by atoms with Crippen molar-refractivity contribution in [2.24, 2.45) is 0 Å². The second kappa shape index (κ2) is 6.84. The third-order valence-corrected chi connectivity index (χ3v) is 4.17. The molecule has 1 aromatic rings. The summed E-state index contributed by atoms with van der Waals surface area (Å²) in [4.78, 5) is 37.5. The topological polar surface area (TPSA) is 95.9 Å². The van der Waals surface area contributed by atoms with Crippen LogP contribution in [0.15, 0.2) is 24.5 Å². The zero-order valence-electron chi connectivity index (χ0n) is 13.0. The Morgan fingerprint density at radius 3 is 2.92 bits per heavy atom. The Balaban J connectivity index is 1.81. The monoisotopic (exact) mass is 330 g/mol. The number of rotatable bonds is 5. The van der Waals surface area contributed by atoms with E-state index in [1.54, 1.807) is 18.2 Å². The lowest BCUT2D eigenvalue weighted by atomic mass is 10.0. The Labute approximate surface area is 138 Å². The van der Waals surface area contributed by atoms with Crippen LogP contribution in [-0.4, -0.2) is 47.0 Å². The minimum Gasteiger partial charge on any atom is -0.499 e. The molecule has 3 amide bonds. The maximum atomic E-state index is 12.6. The molecular weight excluding hydrogens is 312 g/mol. The molecule has 0 aliphatic carbocycles. The smallest absolute Gasteiger partial charge is 0.255 e. The van der Waals surface area contributed by atoms with Gasteiger partial charge in [-0.1, -0.05) is 12.1 Å². The van der Waals surface area contributed by atoms with Gasteiger partial charge in [0.25, 0.3) is 5.91 Å². The quantitative estimate of drug-likeness (QED) is 0.464. The van der Waals surface area contributed by atoms with Crippen LogP contribution in [0.2, 0.25) is 0 Å². The molecule has 2 heterocycles. The number of aliphatic hydroxyl groups is 1. The van der Waals surface area contributed by atoms with E-state index in [2.05, 4.69) is 5.32 Å². The van der Waals surface area contributed by atoms with Crippen molar-refractivity contribution < 1.29 is 24.2 Å². The fourth-order valence-electron chi connectivity index (χ4n) is 3.01. The lowest BCUT2D eigenvalue weighted by Crippen LogP contribution is -2.52. The summed E-state index contributed by atoms with van der Waals surface area (Å²) in [5, 5.41) is 11.0. The second-order valence-corrected chi connectivity index (χ2v) is 5.67. The summed E-state index contributed by atoms with van der Waals surface area (Å²) < 4.78 is 5.11. The van der Waals surface area contributed by atoms with Gasteiger partial charge in [0.1, 0.15) is 12.6 Å². The van der Waals surface area contributed by atoms with Crippen molar-refractivity contribution in [1.29, 1.82) is 0 Å². The molecule has 0 spiro atoms. The molecule has 0 aromatic heterocycles. The first-order valence-corrected chi connectivity index (χ1v) is 7.77. The SMILES string of the molecule is O=C1CCC(N2Cc3c(/C=C/OCCO)cccc3C2=O)C(=O)N1. The van der Waals surface area contributed by atoms with Gasteiger partial charge >= 0.3 is 0 Å². The summed E-state index contributed by atoms with van der Waals surface area (Å²) in [6.45, 7) is 0.451. The number of piperidine rings is 1. The van der Waals surface area contributed by atoms with E-state index in [1.165, 1.54) is 11.2 Å². The average Bonchev–Trinajstić information content (AvgIpc) is 2.89. The Bertz CT molecular complexity index is 713. The first kappa shape index (κ1) is 16.2. The van der Waals surface area contributed by atoms with Crippen LogP contribution in [0.3, 0.4) is 0 Å². The first-order chi connectivity index (χ1) is 11.6. The number of nitrogens with zero attached hydrogens (tertiary/aromatic N) is 1. The standard InChI is InChI=1S/C17H18N2O5/c20-7-9-24-8-6-11-2-1-3-12-13(11)10-19(17(12)23)14-4-5-15(21)18-16(14)22/h1-3,6,8,14,20H,4-5,7,9-10H2,(H,18,21,22)/b8-6+. The molecule has 1 fully saturated rings. The van der Waals surface area contributed by atoms with Crippen LogP contribution in [0.1, 0.15) is 34.3 Å². The molecule has 24 heavy (non-hydrogen) atoms. The highest BCUT2D eigenvalue weighted by Crippen LogP contribution is 2.30. The van der Waals surface area contributed by atoms with E-state index in [0.29, 0.717) is 18.5 Å². The molecule has 2 aliphatic heterocycles. The van der Waals surface area contributed by atoms with Crippen LogP contribution in [-0.2, 0) is 20.9 Å². The molecule has 0 bridgehead atoms. The summed E-state index contributed by atoms with van der Waals surface area (Å²) in [6, 6.07) is 4.75. The zero-order chi connectivity index (χ0) is 17.1. The number of hydrogen-bond donors (Lipinski definition) is 2. The van der Waals surface area contributed by atoms with Gasteiger partial charge in [-0.15, -0.1) is 0 Å². The largest absolute Gasteiger partial charge is 0.499 e. The van der Waals surface area contributed by atoms with E-state index in [1.807, 2.05) is 6.07 Å². The third-order valence-electron chi connectivity index (χ3n) is 4.17. The van der Waals surface area contributed by atoms with Crippen molar-refractivity contribution in [3.8, 4) is 0 Å². The molecule has 1 unspecified atom stereocenters. The van der Waals surface area contributed by atoms with Crippen molar-refractivity contribution in [1.82, 2.24) is 10.2 Å². The molecule has 1 atom stereocenters. The summed E-state index contributed by atoms with van der Waals surface area (Å²) >= 11 is 0. The van der Waals surface area contributed by atoms with E-state index >= 15 is 0 Å². The van der Waals surface area contributed by atoms with Crippen LogP contribution in [0.5, 0.6) is 0 Å². The van der Waals surface area contributed by atoms with E-state index in [0.717, 1.165) is 11.1 Å². The lowest BCUT2D eigenvalue weighted by Gasteiger charge is -2.29. The molecule has 1 saturated heterocycles. The van der Waals surface area contributed by atoms with E-state index < -0.39 is 11.9 Å². The molecule has 0 saturated carbocycles. The molecule has 126 valence electrons. The van der Waals surface area contributed by atoms with Crippen molar-refractivity contribution in [2.75, 3.05) is 13.2 Å². The number of benzene rings is 1. The van der Waals surface area contributed by atoms with Gasteiger partial charge < -0.3 is 14.7 Å². The Hall–Kier alpha value is -2.67. The summed E-state index contributed by atoms with van der Waals surface area (Å²) in [7, 11) is 0. The number of ether oxygens (including phenoxy) is 1. The predicted molar refractivity (Wildman–Crippen MR) is 84.6 cm³/mol. The molecule has 7 nitrogen and oxygen atoms in total. The van der Waals surface area contributed by atoms with Gasteiger partial charge in [-0.25, -0.2) is 0 Å². The molecular formula is C17H18N2O5. The highest BCUT2D eigenvalue weighted by atomic mass is 16.5. The highest BCUT2D eigenvalue weighted by molar-refractivity contribution is 6.05. The molecule has 0 radical (unpaired) electrons. The van der Waals surface area contributed by atoms with Gasteiger partial charge in [-0.3, -0.25) is 19.7 Å². The van der Waals surface area contributed by atoms with E-state index in [-0.39, 0.29) is 31.4 Å². The van der Waals surface area contributed by atoms with Gasteiger partial charge in [-0.2, -0.15) is 0 Å². The molecule has 2 N–H and O–H groups in total. The van der Waals surface area contributed by atoms with Crippen molar-refractivity contribution >= 4 is 23.8 Å². The Kier molecular flexibility index (Phi) is 4.61. The number of amides is 3. The Morgan fingerprint density at radius 1 is 1.33 bits per heavy atom. The zero-order valence-corrected chi connectivity index (χ0v) is 13.0. The fraction of sp³-hybridized carbons (Fsp3) is 0.353. The third kappa shape index (κ3) is 3.03. The van der Waals surface area contributed by atoms with Crippen LogP contribution in [0.4, 0.5) is 0 Å². The molecule has 3 rings (SSSR count). The number of carbonyl (C=O) groups excluding carboxylic acids is 3. The number of hydrogen-bond acceptors (Lipinski definition) is 5. The van der Waals surface area contributed by atoms with E-state index in [9.17, 15) is 14.4 Å². The summed E-state index contributed by atoms with van der Waals surface area (Å²) in [5.41, 5.74) is 2.22. The average molecular weight is 330 g/mol.